The number of nitrogens with one attached hydrogen (secondary N) is 1. The van der Waals surface area contributed by atoms with E-state index in [4.69, 9.17) is 9.47 Å². The van der Waals surface area contributed by atoms with E-state index < -0.39 is 0 Å². The number of unbranched alkanes of at least 4 members (excludes halogenated alkanes) is 8. The lowest BCUT2D eigenvalue weighted by atomic mass is 9.74. The molecule has 2 rings (SSSR count). The summed E-state index contributed by atoms with van der Waals surface area (Å²) in [7, 11) is 0. The Balaban J connectivity index is 1.73. The summed E-state index contributed by atoms with van der Waals surface area (Å²) >= 11 is 0. The second-order valence-corrected chi connectivity index (χ2v) is 15.5. The Hall–Kier alpha value is -0.160. The van der Waals surface area contributed by atoms with E-state index in [9.17, 15) is 0 Å². The molecule has 4 atom stereocenters. The first kappa shape index (κ1) is 36.0. The van der Waals surface area contributed by atoms with E-state index in [1.807, 2.05) is 0 Å². The molecule has 0 aliphatic carbocycles. The summed E-state index contributed by atoms with van der Waals surface area (Å²) in [6.45, 7) is 26.7. The second-order valence-electron chi connectivity index (χ2n) is 15.5. The van der Waals surface area contributed by atoms with Crippen LogP contribution < -0.4 is 5.32 Å². The van der Waals surface area contributed by atoms with Gasteiger partial charge in [-0.15, -0.1) is 0 Å². The highest BCUT2D eigenvalue weighted by molar-refractivity contribution is 5.01. The van der Waals surface area contributed by atoms with Crippen molar-refractivity contribution in [2.24, 2.45) is 17.8 Å². The Labute approximate surface area is 251 Å². The zero-order chi connectivity index (χ0) is 29.8. The molecule has 2 saturated heterocycles. The number of hydrogen-bond donors (Lipinski definition) is 1. The Morgan fingerprint density at radius 1 is 0.675 bits per heavy atom. The molecule has 4 heteroatoms. The number of nitrogens with zero attached hydrogens (tertiary/aromatic N) is 1. The van der Waals surface area contributed by atoms with Gasteiger partial charge in [0.15, 0.2) is 0 Å². The molecular formula is C36H72N2O2. The molecule has 0 aromatic rings. The van der Waals surface area contributed by atoms with Crippen LogP contribution >= 0.6 is 0 Å². The molecule has 2 aliphatic heterocycles. The lowest BCUT2D eigenvalue weighted by Gasteiger charge is -2.50. The van der Waals surface area contributed by atoms with Crippen molar-refractivity contribution in [1.29, 1.82) is 0 Å². The summed E-state index contributed by atoms with van der Waals surface area (Å²) in [5.41, 5.74) is 0.284. The fourth-order valence-electron chi connectivity index (χ4n) is 7.55. The topological polar surface area (TPSA) is 33.7 Å². The third-order valence-corrected chi connectivity index (χ3v) is 10.2. The molecule has 4 unspecified atom stereocenters. The molecule has 0 amide bonds. The lowest BCUT2D eigenvalue weighted by molar-refractivity contribution is -0.0680. The van der Waals surface area contributed by atoms with E-state index in [1.165, 1.54) is 70.8 Å². The second kappa shape index (κ2) is 17.8. The van der Waals surface area contributed by atoms with Gasteiger partial charge in [-0.05, 0) is 90.0 Å². The number of hydrogen-bond acceptors (Lipinski definition) is 4. The van der Waals surface area contributed by atoms with Gasteiger partial charge in [0, 0.05) is 36.4 Å². The van der Waals surface area contributed by atoms with Crippen molar-refractivity contribution < 1.29 is 9.47 Å². The van der Waals surface area contributed by atoms with Crippen LogP contribution in [0.5, 0.6) is 0 Å². The maximum atomic E-state index is 6.58. The van der Waals surface area contributed by atoms with Crippen molar-refractivity contribution in [2.45, 2.75) is 194 Å². The summed E-state index contributed by atoms with van der Waals surface area (Å²) in [6.07, 6.45) is 18.8. The minimum Gasteiger partial charge on any atom is -0.378 e. The van der Waals surface area contributed by atoms with Crippen molar-refractivity contribution in [3.8, 4) is 0 Å². The van der Waals surface area contributed by atoms with Gasteiger partial charge in [0.2, 0.25) is 0 Å². The van der Waals surface area contributed by atoms with E-state index >= 15 is 0 Å². The van der Waals surface area contributed by atoms with Crippen LogP contribution in [-0.4, -0.2) is 60.0 Å². The number of piperidine rings is 2. The molecule has 2 fully saturated rings. The van der Waals surface area contributed by atoms with Crippen LogP contribution in [0.15, 0.2) is 0 Å². The quantitative estimate of drug-likeness (QED) is 0.158. The maximum Gasteiger partial charge on any atom is 0.0610 e. The van der Waals surface area contributed by atoms with Gasteiger partial charge in [-0.1, -0.05) is 93.4 Å². The van der Waals surface area contributed by atoms with Crippen molar-refractivity contribution >= 4 is 0 Å². The van der Waals surface area contributed by atoms with Crippen LogP contribution in [-0.2, 0) is 9.47 Å². The standard InChI is InChI=1S/C36H72N2O2/c1-11-12-13-14-15-16-17-18-21-38-33(28(2)3)24-31(25-34(38)29(4)5)39-22-19-20-23-40-32-26-35(8,9)37-36(10,27-32)30(6)7/h28-34,37H,11-27H2,1-10H3. The predicted octanol–water partition coefficient (Wildman–Crippen LogP) is 9.40. The predicted molar refractivity (Wildman–Crippen MR) is 174 cm³/mol. The SMILES string of the molecule is CCCCCCCCCCN1C(C(C)C)CC(OCCCCOC2CC(C)(C)NC(C)(C(C)C)C2)CC1C(C)C. The highest BCUT2D eigenvalue weighted by Crippen LogP contribution is 2.36. The van der Waals surface area contributed by atoms with Gasteiger partial charge in [0.1, 0.15) is 0 Å². The van der Waals surface area contributed by atoms with E-state index in [2.05, 4.69) is 79.5 Å². The van der Waals surface area contributed by atoms with Gasteiger partial charge in [0.05, 0.1) is 12.2 Å². The molecule has 0 aromatic carbocycles. The number of rotatable bonds is 19. The summed E-state index contributed by atoms with van der Waals surface area (Å²) in [5.74, 6) is 1.96. The average Bonchev–Trinajstić information content (AvgIpc) is 2.86. The molecule has 0 saturated carbocycles. The smallest absolute Gasteiger partial charge is 0.0610 e. The van der Waals surface area contributed by atoms with E-state index in [1.54, 1.807) is 0 Å². The lowest BCUT2D eigenvalue weighted by Crippen LogP contribution is -2.63. The highest BCUT2D eigenvalue weighted by atomic mass is 16.5. The molecule has 0 spiro atoms. The van der Waals surface area contributed by atoms with Gasteiger partial charge in [-0.25, -0.2) is 0 Å². The first-order chi connectivity index (χ1) is 18.9. The summed E-state index contributed by atoms with van der Waals surface area (Å²) in [6, 6.07) is 1.30. The van der Waals surface area contributed by atoms with Gasteiger partial charge < -0.3 is 14.8 Å². The molecule has 0 radical (unpaired) electrons. The number of likely N-dealkylation sites (tertiary alicyclic amines) is 1. The molecule has 40 heavy (non-hydrogen) atoms. The van der Waals surface area contributed by atoms with Crippen molar-refractivity contribution in [1.82, 2.24) is 10.2 Å². The van der Waals surface area contributed by atoms with Crippen molar-refractivity contribution in [3.05, 3.63) is 0 Å². The summed E-state index contributed by atoms with van der Waals surface area (Å²) in [5, 5.41) is 3.89. The Morgan fingerprint density at radius 2 is 1.18 bits per heavy atom. The van der Waals surface area contributed by atoms with Crippen molar-refractivity contribution in [2.75, 3.05) is 19.8 Å². The zero-order valence-electron chi connectivity index (χ0n) is 28.8. The molecular weight excluding hydrogens is 492 g/mol. The first-order valence-electron chi connectivity index (χ1n) is 17.7. The van der Waals surface area contributed by atoms with Crippen LogP contribution in [0.25, 0.3) is 0 Å². The Bertz CT molecular complexity index is 645. The van der Waals surface area contributed by atoms with Gasteiger partial charge in [0.25, 0.3) is 0 Å². The first-order valence-corrected chi connectivity index (χ1v) is 17.7. The van der Waals surface area contributed by atoms with Crippen LogP contribution in [0, 0.1) is 17.8 Å². The third-order valence-electron chi connectivity index (χ3n) is 10.2. The Morgan fingerprint density at radius 3 is 1.68 bits per heavy atom. The third kappa shape index (κ3) is 12.2. The molecule has 1 N–H and O–H groups in total. The molecule has 238 valence electrons. The number of ether oxygens (including phenoxy) is 2. The largest absolute Gasteiger partial charge is 0.378 e. The molecule has 2 aliphatic rings. The highest BCUT2D eigenvalue weighted by Gasteiger charge is 2.42. The molecule has 0 bridgehead atoms. The van der Waals surface area contributed by atoms with E-state index in [0.717, 1.165) is 38.9 Å². The van der Waals surface area contributed by atoms with Crippen LogP contribution in [0.4, 0.5) is 0 Å². The van der Waals surface area contributed by atoms with Gasteiger partial charge >= 0.3 is 0 Å². The molecule has 4 nitrogen and oxygen atoms in total. The minimum atomic E-state index is 0.133. The van der Waals surface area contributed by atoms with Gasteiger partial charge in [-0.3, -0.25) is 4.90 Å². The van der Waals surface area contributed by atoms with Crippen LogP contribution in [0.1, 0.15) is 159 Å². The minimum absolute atomic E-state index is 0.133. The van der Waals surface area contributed by atoms with E-state index in [-0.39, 0.29) is 11.1 Å². The average molecular weight is 565 g/mol. The van der Waals surface area contributed by atoms with E-state index in [0.29, 0.717) is 42.0 Å². The van der Waals surface area contributed by atoms with Crippen LogP contribution in [0.3, 0.4) is 0 Å². The summed E-state index contributed by atoms with van der Waals surface area (Å²) in [4.78, 5) is 2.89. The monoisotopic (exact) mass is 565 g/mol. The maximum absolute atomic E-state index is 6.58. The Kier molecular flexibility index (Phi) is 16.1. The summed E-state index contributed by atoms with van der Waals surface area (Å²) < 4.78 is 13.0. The van der Waals surface area contributed by atoms with Crippen LogP contribution in [0.2, 0.25) is 0 Å². The zero-order valence-corrected chi connectivity index (χ0v) is 28.8. The fourth-order valence-corrected chi connectivity index (χ4v) is 7.55. The molecule has 2 heterocycles. The normalized spacial score (nSPS) is 29.6. The fraction of sp³-hybridized carbons (Fsp3) is 1.00. The molecule has 0 aromatic heterocycles. The van der Waals surface area contributed by atoms with Crippen molar-refractivity contribution in [3.63, 3.8) is 0 Å². The van der Waals surface area contributed by atoms with Gasteiger partial charge in [-0.2, -0.15) is 0 Å².